The number of carbonyl (C=O) groups excluding carboxylic acids is 1. The molecule has 1 saturated heterocycles. The van der Waals surface area contributed by atoms with E-state index in [0.29, 0.717) is 17.7 Å². The molecule has 2 heterocycles. The SMILES string of the molecule is CC(C)(C)OC(=O)N1CCN(c2cncc(Br)n2)CC1. The van der Waals surface area contributed by atoms with E-state index in [1.165, 1.54) is 0 Å². The van der Waals surface area contributed by atoms with Crippen LogP contribution in [-0.2, 0) is 4.74 Å². The molecule has 1 aromatic heterocycles. The lowest BCUT2D eigenvalue weighted by Crippen LogP contribution is -2.50. The number of amides is 1. The van der Waals surface area contributed by atoms with E-state index in [4.69, 9.17) is 4.74 Å². The summed E-state index contributed by atoms with van der Waals surface area (Å²) in [6.07, 6.45) is 3.13. The van der Waals surface area contributed by atoms with Crippen molar-refractivity contribution < 1.29 is 9.53 Å². The number of rotatable bonds is 1. The van der Waals surface area contributed by atoms with Crippen LogP contribution in [0, 0.1) is 0 Å². The van der Waals surface area contributed by atoms with Gasteiger partial charge in [-0.05, 0) is 36.7 Å². The number of carbonyl (C=O) groups is 1. The largest absolute Gasteiger partial charge is 0.444 e. The minimum Gasteiger partial charge on any atom is -0.444 e. The number of hydrogen-bond donors (Lipinski definition) is 0. The van der Waals surface area contributed by atoms with Crippen molar-refractivity contribution in [1.82, 2.24) is 14.9 Å². The van der Waals surface area contributed by atoms with Crippen LogP contribution < -0.4 is 4.90 Å². The minimum absolute atomic E-state index is 0.252. The highest BCUT2D eigenvalue weighted by Gasteiger charge is 2.26. The summed E-state index contributed by atoms with van der Waals surface area (Å²) in [5, 5.41) is 0. The molecule has 1 aliphatic heterocycles. The summed E-state index contributed by atoms with van der Waals surface area (Å²) in [5.41, 5.74) is -0.454. The molecule has 0 bridgehead atoms. The quantitative estimate of drug-likeness (QED) is 0.783. The zero-order valence-electron chi connectivity index (χ0n) is 12.0. The van der Waals surface area contributed by atoms with Crippen LogP contribution in [0.3, 0.4) is 0 Å². The third-order valence-corrected chi connectivity index (χ3v) is 3.23. The maximum atomic E-state index is 12.0. The van der Waals surface area contributed by atoms with Gasteiger partial charge in [-0.25, -0.2) is 9.78 Å². The topological polar surface area (TPSA) is 58.6 Å². The van der Waals surface area contributed by atoms with E-state index in [1.807, 2.05) is 20.8 Å². The molecule has 7 heteroatoms. The van der Waals surface area contributed by atoms with E-state index < -0.39 is 5.60 Å². The fourth-order valence-corrected chi connectivity index (χ4v) is 2.23. The van der Waals surface area contributed by atoms with E-state index in [1.54, 1.807) is 17.3 Å². The Kier molecular flexibility index (Phi) is 4.47. The summed E-state index contributed by atoms with van der Waals surface area (Å²) in [4.78, 5) is 24.3. The van der Waals surface area contributed by atoms with E-state index in [9.17, 15) is 4.79 Å². The number of halogens is 1. The van der Waals surface area contributed by atoms with Crippen molar-refractivity contribution in [3.8, 4) is 0 Å². The fraction of sp³-hybridized carbons (Fsp3) is 0.615. The maximum absolute atomic E-state index is 12.0. The molecule has 0 saturated carbocycles. The molecule has 1 amide bonds. The number of nitrogens with zero attached hydrogens (tertiary/aromatic N) is 4. The van der Waals surface area contributed by atoms with Gasteiger partial charge in [0.15, 0.2) is 0 Å². The highest BCUT2D eigenvalue weighted by molar-refractivity contribution is 9.10. The molecule has 0 radical (unpaired) electrons. The van der Waals surface area contributed by atoms with Crippen LogP contribution in [0.4, 0.5) is 10.6 Å². The summed E-state index contributed by atoms with van der Waals surface area (Å²) in [5.74, 6) is 0.822. The average molecular weight is 343 g/mol. The Hall–Kier alpha value is -1.37. The first-order valence-electron chi connectivity index (χ1n) is 6.55. The molecule has 1 aliphatic rings. The number of aromatic nitrogens is 2. The van der Waals surface area contributed by atoms with Crippen molar-refractivity contribution in [2.45, 2.75) is 26.4 Å². The van der Waals surface area contributed by atoms with Crippen LogP contribution in [0.2, 0.25) is 0 Å². The Balaban J connectivity index is 1.91. The molecule has 110 valence electrons. The second-order valence-corrected chi connectivity index (χ2v) is 6.47. The molecular weight excluding hydrogens is 324 g/mol. The monoisotopic (exact) mass is 342 g/mol. The lowest BCUT2D eigenvalue weighted by Gasteiger charge is -2.36. The van der Waals surface area contributed by atoms with Gasteiger partial charge in [0.25, 0.3) is 0 Å². The standard InChI is InChI=1S/C13H19BrN4O2/c1-13(2,3)20-12(19)18-6-4-17(5-7-18)11-9-15-8-10(14)16-11/h8-9H,4-7H2,1-3H3. The number of ether oxygens (including phenoxy) is 1. The number of piperazine rings is 1. The van der Waals surface area contributed by atoms with Crippen LogP contribution >= 0.6 is 15.9 Å². The van der Waals surface area contributed by atoms with Crippen molar-refractivity contribution in [2.24, 2.45) is 0 Å². The van der Waals surface area contributed by atoms with Gasteiger partial charge in [0, 0.05) is 26.2 Å². The molecule has 0 aromatic carbocycles. The second-order valence-electron chi connectivity index (χ2n) is 5.65. The first-order valence-corrected chi connectivity index (χ1v) is 7.35. The van der Waals surface area contributed by atoms with Crippen LogP contribution in [-0.4, -0.2) is 52.7 Å². The van der Waals surface area contributed by atoms with Gasteiger partial charge >= 0.3 is 6.09 Å². The van der Waals surface area contributed by atoms with Gasteiger partial charge < -0.3 is 14.5 Å². The summed E-state index contributed by atoms with van der Waals surface area (Å²) in [7, 11) is 0. The van der Waals surface area contributed by atoms with Crippen LogP contribution in [0.1, 0.15) is 20.8 Å². The molecule has 6 nitrogen and oxygen atoms in total. The highest BCUT2D eigenvalue weighted by Crippen LogP contribution is 2.17. The Morgan fingerprint density at radius 3 is 2.45 bits per heavy atom. The molecule has 0 unspecified atom stereocenters. The molecule has 0 aliphatic carbocycles. The minimum atomic E-state index is -0.454. The van der Waals surface area contributed by atoms with Gasteiger partial charge in [-0.2, -0.15) is 0 Å². The summed E-state index contributed by atoms with van der Waals surface area (Å²) < 4.78 is 6.08. The van der Waals surface area contributed by atoms with Gasteiger partial charge in [-0.3, -0.25) is 4.98 Å². The zero-order chi connectivity index (χ0) is 14.8. The third-order valence-electron chi connectivity index (χ3n) is 2.85. The number of anilines is 1. The molecule has 1 aromatic rings. The van der Waals surface area contributed by atoms with Gasteiger partial charge in [-0.15, -0.1) is 0 Å². The fourth-order valence-electron chi connectivity index (χ4n) is 1.93. The van der Waals surface area contributed by atoms with Gasteiger partial charge in [0.2, 0.25) is 0 Å². The van der Waals surface area contributed by atoms with Gasteiger partial charge in [0.05, 0.1) is 12.4 Å². The Morgan fingerprint density at radius 2 is 1.90 bits per heavy atom. The second kappa shape index (κ2) is 5.95. The lowest BCUT2D eigenvalue weighted by atomic mass is 10.2. The van der Waals surface area contributed by atoms with Crippen molar-refractivity contribution in [2.75, 3.05) is 31.1 Å². The van der Waals surface area contributed by atoms with Gasteiger partial charge in [-0.1, -0.05) is 0 Å². The zero-order valence-corrected chi connectivity index (χ0v) is 13.6. The van der Waals surface area contributed by atoms with Crippen molar-refractivity contribution in [3.05, 3.63) is 17.0 Å². The Bertz CT molecular complexity index is 482. The lowest BCUT2D eigenvalue weighted by molar-refractivity contribution is 0.0240. The van der Waals surface area contributed by atoms with Crippen molar-refractivity contribution in [1.29, 1.82) is 0 Å². The molecule has 0 spiro atoms. The third kappa shape index (κ3) is 4.06. The normalized spacial score (nSPS) is 16.2. The first-order chi connectivity index (χ1) is 9.35. The Morgan fingerprint density at radius 1 is 1.25 bits per heavy atom. The molecule has 0 atom stereocenters. The van der Waals surface area contributed by atoms with Crippen molar-refractivity contribution in [3.63, 3.8) is 0 Å². The van der Waals surface area contributed by atoms with E-state index >= 15 is 0 Å². The van der Waals surface area contributed by atoms with E-state index in [2.05, 4.69) is 30.8 Å². The van der Waals surface area contributed by atoms with Crippen LogP contribution in [0.15, 0.2) is 17.0 Å². The Labute approximate surface area is 127 Å². The molecule has 20 heavy (non-hydrogen) atoms. The molecule has 2 rings (SSSR count). The maximum Gasteiger partial charge on any atom is 0.410 e. The molecular formula is C13H19BrN4O2. The van der Waals surface area contributed by atoms with Crippen LogP contribution in [0.25, 0.3) is 0 Å². The summed E-state index contributed by atoms with van der Waals surface area (Å²) in [6, 6.07) is 0. The molecule has 1 fully saturated rings. The van der Waals surface area contributed by atoms with E-state index in [-0.39, 0.29) is 6.09 Å². The van der Waals surface area contributed by atoms with Gasteiger partial charge in [0.1, 0.15) is 16.0 Å². The van der Waals surface area contributed by atoms with Crippen LogP contribution in [0.5, 0.6) is 0 Å². The highest BCUT2D eigenvalue weighted by atomic mass is 79.9. The smallest absolute Gasteiger partial charge is 0.410 e. The summed E-state index contributed by atoms with van der Waals surface area (Å²) >= 11 is 3.31. The predicted molar refractivity (Wildman–Crippen MR) is 79.8 cm³/mol. The predicted octanol–water partition coefficient (Wildman–Crippen LogP) is 2.30. The average Bonchev–Trinajstić information content (AvgIpc) is 2.37. The van der Waals surface area contributed by atoms with Crippen molar-refractivity contribution >= 4 is 27.8 Å². The summed E-state index contributed by atoms with van der Waals surface area (Å²) in [6.45, 7) is 8.33. The molecule has 0 N–H and O–H groups in total. The van der Waals surface area contributed by atoms with E-state index in [0.717, 1.165) is 18.9 Å². The number of hydrogen-bond acceptors (Lipinski definition) is 5. The first kappa shape index (κ1) is 15.0.